The van der Waals surface area contributed by atoms with Crippen molar-refractivity contribution in [3.63, 3.8) is 0 Å². The van der Waals surface area contributed by atoms with Crippen molar-refractivity contribution in [3.05, 3.63) is 70.5 Å². The second-order valence-electron chi connectivity index (χ2n) is 4.54. The number of aromatic nitrogens is 3. The molecule has 6 nitrogen and oxygen atoms in total. The molecule has 0 fully saturated rings. The van der Waals surface area contributed by atoms with Gasteiger partial charge in [-0.15, -0.1) is 0 Å². The minimum atomic E-state index is -0.482. The molecule has 0 saturated carbocycles. The Bertz CT molecular complexity index is 868. The van der Waals surface area contributed by atoms with Crippen molar-refractivity contribution < 1.29 is 9.18 Å². The third kappa shape index (κ3) is 2.64. The molecule has 3 rings (SSSR count). The van der Waals surface area contributed by atoms with E-state index in [4.69, 9.17) is 0 Å². The molecule has 0 aliphatic heterocycles. The Hall–Kier alpha value is -3.22. The molecule has 0 radical (unpaired) electrons. The molecule has 3 aromatic rings. The number of hydrogen-bond acceptors (Lipinski definition) is 3. The van der Waals surface area contributed by atoms with Gasteiger partial charge in [-0.25, -0.2) is 4.39 Å². The Labute approximate surface area is 124 Å². The molecule has 3 N–H and O–H groups in total. The summed E-state index contributed by atoms with van der Waals surface area (Å²) in [6.45, 7) is 0. The van der Waals surface area contributed by atoms with Crippen LogP contribution in [0.3, 0.4) is 0 Å². The van der Waals surface area contributed by atoms with Gasteiger partial charge >= 0.3 is 0 Å². The highest BCUT2D eigenvalue weighted by Gasteiger charge is 2.16. The largest absolute Gasteiger partial charge is 0.366 e. The number of nitrogens with zero attached hydrogens (tertiary/aromatic N) is 1. The van der Waals surface area contributed by atoms with Gasteiger partial charge in [0.25, 0.3) is 5.91 Å². The third-order valence-corrected chi connectivity index (χ3v) is 3.09. The number of hydrogen-bond donors (Lipinski definition) is 3. The lowest BCUT2D eigenvalue weighted by atomic mass is 10.1. The molecule has 0 unspecified atom stereocenters. The maximum atomic E-state index is 13.0. The van der Waals surface area contributed by atoms with E-state index in [0.717, 1.165) is 0 Å². The van der Waals surface area contributed by atoms with Crippen LogP contribution in [-0.4, -0.2) is 21.1 Å². The number of aromatic amines is 2. The number of pyridine rings is 1. The van der Waals surface area contributed by atoms with Gasteiger partial charge in [0.2, 0.25) is 5.43 Å². The highest BCUT2D eigenvalue weighted by Crippen LogP contribution is 2.21. The van der Waals surface area contributed by atoms with Gasteiger partial charge in [-0.1, -0.05) is 0 Å². The van der Waals surface area contributed by atoms with Crippen LogP contribution in [0.1, 0.15) is 10.4 Å². The van der Waals surface area contributed by atoms with Crippen LogP contribution >= 0.6 is 0 Å². The summed E-state index contributed by atoms with van der Waals surface area (Å²) in [6.07, 6.45) is 4.23. The molecule has 2 heterocycles. The van der Waals surface area contributed by atoms with Crippen LogP contribution in [0, 0.1) is 5.82 Å². The molecule has 0 aliphatic rings. The Morgan fingerprint density at radius 3 is 2.68 bits per heavy atom. The summed E-state index contributed by atoms with van der Waals surface area (Å²) in [5, 5.41) is 9.06. The van der Waals surface area contributed by atoms with Crippen molar-refractivity contribution in [2.24, 2.45) is 0 Å². The van der Waals surface area contributed by atoms with E-state index in [1.165, 1.54) is 48.9 Å². The van der Waals surface area contributed by atoms with Crippen LogP contribution < -0.4 is 10.7 Å². The molecule has 2 aromatic heterocycles. The number of halogens is 1. The van der Waals surface area contributed by atoms with E-state index < -0.39 is 5.91 Å². The number of anilines is 1. The van der Waals surface area contributed by atoms with E-state index in [1.54, 1.807) is 0 Å². The third-order valence-electron chi connectivity index (χ3n) is 3.09. The van der Waals surface area contributed by atoms with Crippen LogP contribution in [0.25, 0.3) is 11.3 Å². The zero-order valence-corrected chi connectivity index (χ0v) is 11.3. The van der Waals surface area contributed by atoms with Crippen molar-refractivity contribution in [1.82, 2.24) is 15.2 Å². The maximum Gasteiger partial charge on any atom is 0.259 e. The zero-order valence-electron chi connectivity index (χ0n) is 11.3. The van der Waals surface area contributed by atoms with E-state index in [-0.39, 0.29) is 22.5 Å². The fourth-order valence-electron chi connectivity index (χ4n) is 2.00. The van der Waals surface area contributed by atoms with Gasteiger partial charge in [-0.3, -0.25) is 14.7 Å². The summed E-state index contributed by atoms with van der Waals surface area (Å²) in [6, 6.07) is 6.97. The van der Waals surface area contributed by atoms with Crippen molar-refractivity contribution >= 4 is 11.6 Å². The summed E-state index contributed by atoms with van der Waals surface area (Å²) < 4.78 is 13.0. The predicted octanol–water partition coefficient (Wildman–Crippen LogP) is 2.16. The van der Waals surface area contributed by atoms with Crippen LogP contribution in [0.15, 0.2) is 53.7 Å². The molecule has 0 spiro atoms. The molecule has 110 valence electrons. The molecule has 0 aliphatic carbocycles. The van der Waals surface area contributed by atoms with Crippen molar-refractivity contribution in [2.45, 2.75) is 0 Å². The monoisotopic (exact) mass is 298 g/mol. The molecule has 22 heavy (non-hydrogen) atoms. The number of rotatable bonds is 3. The van der Waals surface area contributed by atoms with E-state index in [2.05, 4.69) is 20.5 Å². The number of benzene rings is 1. The Morgan fingerprint density at radius 2 is 1.95 bits per heavy atom. The zero-order chi connectivity index (χ0) is 15.5. The summed E-state index contributed by atoms with van der Waals surface area (Å²) >= 11 is 0. The van der Waals surface area contributed by atoms with Gasteiger partial charge in [-0.05, 0) is 24.3 Å². The summed E-state index contributed by atoms with van der Waals surface area (Å²) in [5.74, 6) is -0.852. The van der Waals surface area contributed by atoms with Gasteiger partial charge in [-0.2, -0.15) is 5.10 Å². The molecular weight excluding hydrogens is 287 g/mol. The normalized spacial score (nSPS) is 10.4. The molecule has 0 atom stereocenters. The average molecular weight is 298 g/mol. The average Bonchev–Trinajstić information content (AvgIpc) is 3.00. The van der Waals surface area contributed by atoms with Crippen LogP contribution in [0.2, 0.25) is 0 Å². The van der Waals surface area contributed by atoms with Gasteiger partial charge < -0.3 is 10.3 Å². The minimum absolute atomic E-state index is 0.138. The van der Waals surface area contributed by atoms with Crippen LogP contribution in [0.5, 0.6) is 0 Å². The Kier molecular flexibility index (Phi) is 3.53. The van der Waals surface area contributed by atoms with Crippen molar-refractivity contribution in [1.29, 1.82) is 0 Å². The van der Waals surface area contributed by atoms with Gasteiger partial charge in [0.05, 0.1) is 17.5 Å². The molecule has 0 saturated heterocycles. The lowest BCUT2D eigenvalue weighted by molar-refractivity contribution is 0.102. The van der Waals surface area contributed by atoms with E-state index in [1.807, 2.05) is 0 Å². The molecule has 1 amide bonds. The Morgan fingerprint density at radius 1 is 1.18 bits per heavy atom. The number of amides is 1. The number of H-pyrrole nitrogens is 2. The smallest absolute Gasteiger partial charge is 0.259 e. The second kappa shape index (κ2) is 5.65. The quantitative estimate of drug-likeness (QED) is 0.692. The SMILES string of the molecule is O=C(Nc1c[nH]ccc1=O)c1cn[nH]c1-c1ccc(F)cc1. The van der Waals surface area contributed by atoms with Gasteiger partial charge in [0.15, 0.2) is 0 Å². The van der Waals surface area contributed by atoms with E-state index in [9.17, 15) is 14.0 Å². The Balaban J connectivity index is 1.91. The first kappa shape index (κ1) is 13.7. The summed E-state index contributed by atoms with van der Waals surface area (Å²) in [5.41, 5.74) is 1.16. The molecular formula is C15H11FN4O2. The number of carbonyl (C=O) groups excluding carboxylic acids is 1. The standard InChI is InChI=1S/C15H11FN4O2/c16-10-3-1-9(2-4-10)14-11(7-18-20-14)15(22)19-12-8-17-6-5-13(12)21/h1-8H,(H,17,21)(H,18,20)(H,19,22). The maximum absolute atomic E-state index is 13.0. The van der Waals surface area contributed by atoms with Crippen molar-refractivity contribution in [2.75, 3.05) is 5.32 Å². The fraction of sp³-hybridized carbons (Fsp3) is 0. The van der Waals surface area contributed by atoms with Gasteiger partial charge in [0.1, 0.15) is 11.5 Å². The van der Waals surface area contributed by atoms with Crippen molar-refractivity contribution in [3.8, 4) is 11.3 Å². The summed E-state index contributed by atoms with van der Waals surface area (Å²) in [7, 11) is 0. The first-order valence-corrected chi connectivity index (χ1v) is 6.43. The van der Waals surface area contributed by atoms with E-state index >= 15 is 0 Å². The highest BCUT2D eigenvalue weighted by atomic mass is 19.1. The lowest BCUT2D eigenvalue weighted by Gasteiger charge is -2.05. The number of carbonyl (C=O) groups is 1. The van der Waals surface area contributed by atoms with Crippen LogP contribution in [0.4, 0.5) is 10.1 Å². The first-order valence-electron chi connectivity index (χ1n) is 6.43. The minimum Gasteiger partial charge on any atom is -0.366 e. The summed E-state index contributed by atoms with van der Waals surface area (Å²) in [4.78, 5) is 26.6. The molecule has 7 heteroatoms. The predicted molar refractivity (Wildman–Crippen MR) is 79.0 cm³/mol. The molecule has 1 aromatic carbocycles. The molecule has 0 bridgehead atoms. The fourth-order valence-corrected chi connectivity index (χ4v) is 2.00. The van der Waals surface area contributed by atoms with E-state index in [0.29, 0.717) is 11.3 Å². The topological polar surface area (TPSA) is 90.6 Å². The first-order chi connectivity index (χ1) is 10.6. The second-order valence-corrected chi connectivity index (χ2v) is 4.54. The lowest BCUT2D eigenvalue weighted by Crippen LogP contribution is -2.18. The van der Waals surface area contributed by atoms with Crippen LogP contribution in [-0.2, 0) is 0 Å². The highest BCUT2D eigenvalue weighted by molar-refractivity contribution is 6.07. The number of nitrogens with one attached hydrogen (secondary N) is 3. The van der Waals surface area contributed by atoms with Gasteiger partial charge in [0, 0.05) is 24.0 Å².